The Balaban J connectivity index is 1.50. The van der Waals surface area contributed by atoms with Gasteiger partial charge in [-0.2, -0.15) is 14.6 Å². The number of aromatic amines is 1. The van der Waals surface area contributed by atoms with Crippen molar-refractivity contribution in [2.24, 2.45) is 7.05 Å². The van der Waals surface area contributed by atoms with E-state index in [-0.39, 0.29) is 11.3 Å². The summed E-state index contributed by atoms with van der Waals surface area (Å²) < 4.78 is 16.0. The Morgan fingerprint density at radius 1 is 1.26 bits per heavy atom. The topological polar surface area (TPSA) is 92.9 Å². The Hall–Kier alpha value is -3.20. The Labute approximate surface area is 183 Å². The van der Waals surface area contributed by atoms with Gasteiger partial charge in [0.1, 0.15) is 0 Å². The molecule has 31 heavy (non-hydrogen) atoms. The fraction of sp³-hybridized carbons (Fsp3) is 0.333. The molecule has 1 aromatic carbocycles. The molecule has 1 atom stereocenters. The first-order valence-electron chi connectivity index (χ1n) is 10.0. The van der Waals surface area contributed by atoms with Gasteiger partial charge < -0.3 is 5.32 Å². The summed E-state index contributed by atoms with van der Waals surface area (Å²) in [6.07, 6.45) is 2.61. The Kier molecular flexibility index (Phi) is 6.03. The second kappa shape index (κ2) is 8.89. The zero-order chi connectivity index (χ0) is 22.0. The van der Waals surface area contributed by atoms with Crippen LogP contribution in [0, 0.1) is 0 Å². The molecule has 3 heterocycles. The van der Waals surface area contributed by atoms with E-state index >= 15 is 0 Å². The van der Waals surface area contributed by atoms with Crippen molar-refractivity contribution in [2.75, 3.05) is 5.32 Å². The number of H-pyrrole nitrogens is 1. The first kappa shape index (κ1) is 21.0. The maximum absolute atomic E-state index is 13.0. The minimum absolute atomic E-state index is 0.260. The van der Waals surface area contributed by atoms with Crippen molar-refractivity contribution in [3.63, 3.8) is 0 Å². The summed E-state index contributed by atoms with van der Waals surface area (Å²) in [4.78, 5) is 21.1. The molecule has 0 aliphatic carbocycles. The van der Waals surface area contributed by atoms with Gasteiger partial charge in [0.05, 0.1) is 17.6 Å². The highest BCUT2D eigenvalue weighted by Gasteiger charge is 2.11. The molecule has 3 aromatic heterocycles. The third kappa shape index (κ3) is 4.93. The van der Waals surface area contributed by atoms with Gasteiger partial charge in [-0.1, -0.05) is 17.7 Å². The number of rotatable bonds is 8. The zero-order valence-corrected chi connectivity index (χ0v) is 18.0. The molecular weight excluding hydrogens is 421 g/mol. The molecular formula is C21H23ClFN7O. The summed E-state index contributed by atoms with van der Waals surface area (Å²) in [7, 11) is 1.87. The van der Waals surface area contributed by atoms with Crippen LogP contribution in [0.1, 0.15) is 31.0 Å². The van der Waals surface area contributed by atoms with Crippen molar-refractivity contribution in [3.05, 3.63) is 63.2 Å². The molecule has 0 radical (unpaired) electrons. The van der Waals surface area contributed by atoms with E-state index in [1.165, 1.54) is 17.5 Å². The number of halogens is 2. The molecule has 162 valence electrons. The number of aryl methyl sites for hydroxylation is 2. The normalized spacial score (nSPS) is 12.4. The molecule has 2 N–H and O–H groups in total. The van der Waals surface area contributed by atoms with Gasteiger partial charge in [0.2, 0.25) is 5.95 Å². The molecule has 0 saturated heterocycles. The maximum Gasteiger partial charge on any atom is 0.274 e. The SMILES string of the molecule is CC(F)CCCc1cc(=O)n2[nH]c(NCc3cc(-c4ccn(C)n4)ccc3Cl)nc2n1. The molecule has 8 nitrogen and oxygen atoms in total. The number of nitrogens with one attached hydrogen (secondary N) is 2. The number of nitrogens with zero attached hydrogens (tertiary/aromatic N) is 5. The van der Waals surface area contributed by atoms with Gasteiger partial charge in [0, 0.05) is 36.4 Å². The highest BCUT2D eigenvalue weighted by molar-refractivity contribution is 6.31. The second-order valence-corrected chi connectivity index (χ2v) is 7.91. The third-order valence-corrected chi connectivity index (χ3v) is 5.29. The van der Waals surface area contributed by atoms with Gasteiger partial charge in [-0.3, -0.25) is 14.6 Å². The highest BCUT2D eigenvalue weighted by Crippen LogP contribution is 2.24. The average molecular weight is 444 g/mol. The number of hydrogen-bond acceptors (Lipinski definition) is 5. The zero-order valence-electron chi connectivity index (χ0n) is 17.3. The first-order valence-corrected chi connectivity index (χ1v) is 10.4. The monoisotopic (exact) mass is 443 g/mol. The minimum Gasteiger partial charge on any atom is -0.350 e. The van der Waals surface area contributed by atoms with Crippen LogP contribution in [0.4, 0.5) is 10.3 Å². The first-order chi connectivity index (χ1) is 14.9. The van der Waals surface area contributed by atoms with E-state index in [9.17, 15) is 9.18 Å². The van der Waals surface area contributed by atoms with Crippen LogP contribution in [-0.2, 0) is 20.0 Å². The number of hydrogen-bond donors (Lipinski definition) is 2. The Morgan fingerprint density at radius 3 is 2.84 bits per heavy atom. The summed E-state index contributed by atoms with van der Waals surface area (Å²) in [5.41, 5.74) is 3.02. The number of alkyl halides is 1. The fourth-order valence-corrected chi connectivity index (χ4v) is 3.50. The fourth-order valence-electron chi connectivity index (χ4n) is 3.32. The average Bonchev–Trinajstić information content (AvgIpc) is 3.33. The highest BCUT2D eigenvalue weighted by atomic mass is 35.5. The van der Waals surface area contributed by atoms with Crippen LogP contribution in [0.5, 0.6) is 0 Å². The van der Waals surface area contributed by atoms with E-state index in [4.69, 9.17) is 11.6 Å². The van der Waals surface area contributed by atoms with Crippen LogP contribution >= 0.6 is 11.6 Å². The summed E-state index contributed by atoms with van der Waals surface area (Å²) in [5.74, 6) is 0.671. The molecule has 0 fully saturated rings. The second-order valence-electron chi connectivity index (χ2n) is 7.50. The predicted molar refractivity (Wildman–Crippen MR) is 118 cm³/mol. The molecule has 4 aromatic rings. The van der Waals surface area contributed by atoms with Gasteiger partial charge in [-0.05, 0) is 49.9 Å². The molecule has 0 aliphatic heterocycles. The summed E-state index contributed by atoms with van der Waals surface area (Å²) in [6, 6.07) is 9.10. The molecule has 4 rings (SSSR count). The van der Waals surface area contributed by atoms with Gasteiger partial charge in [0.15, 0.2) is 0 Å². The number of benzene rings is 1. The summed E-state index contributed by atoms with van der Waals surface area (Å²) >= 11 is 6.36. The molecule has 0 spiro atoms. The van der Waals surface area contributed by atoms with Crippen LogP contribution in [0.3, 0.4) is 0 Å². The lowest BCUT2D eigenvalue weighted by atomic mass is 10.1. The van der Waals surface area contributed by atoms with Gasteiger partial charge in [-0.15, -0.1) is 0 Å². The third-order valence-electron chi connectivity index (χ3n) is 4.92. The van der Waals surface area contributed by atoms with Crippen molar-refractivity contribution in [1.29, 1.82) is 0 Å². The molecule has 0 aliphatic rings. The quantitative estimate of drug-likeness (QED) is 0.432. The van der Waals surface area contributed by atoms with Crippen LogP contribution < -0.4 is 10.9 Å². The van der Waals surface area contributed by atoms with Crippen LogP contribution in [0.2, 0.25) is 5.02 Å². The maximum atomic E-state index is 13.0. The Morgan fingerprint density at radius 2 is 2.10 bits per heavy atom. The van der Waals surface area contributed by atoms with E-state index in [1.54, 1.807) is 4.68 Å². The number of aromatic nitrogens is 6. The lowest BCUT2D eigenvalue weighted by Crippen LogP contribution is -2.16. The molecule has 0 amide bonds. The van der Waals surface area contributed by atoms with E-state index in [2.05, 4.69) is 25.5 Å². The molecule has 10 heteroatoms. The molecule has 0 bridgehead atoms. The number of anilines is 1. The van der Waals surface area contributed by atoms with E-state index < -0.39 is 6.17 Å². The largest absolute Gasteiger partial charge is 0.350 e. The standard InChI is InChI=1S/C21H23ClFN7O/c1-13(23)4-3-5-16-11-19(31)30-21(25-16)26-20(28-30)24-12-15-10-14(6-7-17(15)22)18-8-9-29(2)27-18/h6-11,13H,3-5,12H2,1-2H3,(H2,24,25,26,28). The van der Waals surface area contributed by atoms with Crippen molar-refractivity contribution < 1.29 is 4.39 Å². The van der Waals surface area contributed by atoms with Gasteiger partial charge in [-0.25, -0.2) is 9.37 Å². The smallest absolute Gasteiger partial charge is 0.274 e. The molecule has 1 unspecified atom stereocenters. The van der Waals surface area contributed by atoms with Crippen LogP contribution in [-0.4, -0.2) is 35.5 Å². The van der Waals surface area contributed by atoms with Crippen molar-refractivity contribution >= 4 is 23.3 Å². The molecule has 0 saturated carbocycles. The van der Waals surface area contributed by atoms with Crippen LogP contribution in [0.15, 0.2) is 41.3 Å². The van der Waals surface area contributed by atoms with E-state index in [0.29, 0.717) is 42.5 Å². The lowest BCUT2D eigenvalue weighted by Gasteiger charge is -2.07. The van der Waals surface area contributed by atoms with Gasteiger partial charge >= 0.3 is 0 Å². The lowest BCUT2D eigenvalue weighted by molar-refractivity contribution is 0.334. The Bertz CT molecular complexity index is 1260. The van der Waals surface area contributed by atoms with Crippen molar-refractivity contribution in [2.45, 2.75) is 38.9 Å². The number of fused-ring (bicyclic) bond motifs is 1. The van der Waals surface area contributed by atoms with Crippen LogP contribution in [0.25, 0.3) is 17.0 Å². The van der Waals surface area contributed by atoms with E-state index in [1.807, 2.05) is 37.5 Å². The minimum atomic E-state index is -0.867. The van der Waals surface area contributed by atoms with Crippen molar-refractivity contribution in [1.82, 2.24) is 29.4 Å². The van der Waals surface area contributed by atoms with E-state index in [0.717, 1.165) is 16.8 Å². The summed E-state index contributed by atoms with van der Waals surface area (Å²) in [6.45, 7) is 1.92. The summed E-state index contributed by atoms with van der Waals surface area (Å²) in [5, 5.41) is 11.1. The predicted octanol–water partition coefficient (Wildman–Crippen LogP) is 3.76. The van der Waals surface area contributed by atoms with Gasteiger partial charge in [0.25, 0.3) is 11.3 Å². The van der Waals surface area contributed by atoms with Crippen molar-refractivity contribution in [3.8, 4) is 11.3 Å².